The van der Waals surface area contributed by atoms with Gasteiger partial charge in [-0.3, -0.25) is 9.59 Å². The van der Waals surface area contributed by atoms with Gasteiger partial charge in [0.05, 0.1) is 39.0 Å². The second kappa shape index (κ2) is 10.3. The number of ketones is 1. The zero-order valence-corrected chi connectivity index (χ0v) is 19.0. The molecule has 4 rings (SSSR count). The molecule has 1 atom stereocenters. The van der Waals surface area contributed by atoms with Gasteiger partial charge in [-0.05, 0) is 35.6 Å². The Bertz CT molecular complexity index is 965. The number of Topliss-reactive ketones (excluding diaryl/α,β-unsaturated/α-hetero) is 1. The van der Waals surface area contributed by atoms with Crippen LogP contribution in [-0.2, 0) is 14.3 Å². The van der Waals surface area contributed by atoms with Gasteiger partial charge in [0.1, 0.15) is 18.8 Å². The van der Waals surface area contributed by atoms with Crippen molar-refractivity contribution in [3.63, 3.8) is 0 Å². The van der Waals surface area contributed by atoms with E-state index in [9.17, 15) is 14.7 Å². The zero-order valence-electron chi connectivity index (χ0n) is 18.2. The lowest BCUT2D eigenvalue weighted by Crippen LogP contribution is -3.14. The summed E-state index contributed by atoms with van der Waals surface area (Å²) in [7, 11) is 0. The zero-order chi connectivity index (χ0) is 22.5. The highest BCUT2D eigenvalue weighted by atomic mass is 32.1. The van der Waals surface area contributed by atoms with Crippen LogP contribution in [-0.4, -0.2) is 62.6 Å². The molecule has 0 spiro atoms. The fraction of sp³-hybridized carbons (Fsp3) is 0.417. The first-order valence-electron chi connectivity index (χ1n) is 11.0. The summed E-state index contributed by atoms with van der Waals surface area (Å²) < 4.78 is 11.0. The number of likely N-dealkylation sites (tertiary alicyclic amines) is 1. The number of ether oxygens (including phenoxy) is 2. The summed E-state index contributed by atoms with van der Waals surface area (Å²) in [6.07, 6.45) is 0.889. The largest absolute Gasteiger partial charge is 0.872 e. The van der Waals surface area contributed by atoms with Crippen LogP contribution in [0.2, 0.25) is 0 Å². The van der Waals surface area contributed by atoms with Gasteiger partial charge in [0.15, 0.2) is 0 Å². The summed E-state index contributed by atoms with van der Waals surface area (Å²) >= 11 is 1.45. The SMILES string of the molecule is CCCOc1ccc(C([O-])=C2C(=O)C(=O)N(CC[NH+]3CCOCC3)C2c2cccs2)cc1. The summed E-state index contributed by atoms with van der Waals surface area (Å²) in [5.74, 6) is -1.02. The van der Waals surface area contributed by atoms with E-state index < -0.39 is 23.5 Å². The molecule has 1 aromatic heterocycles. The maximum atomic E-state index is 13.4. The molecule has 0 radical (unpaired) electrons. The average Bonchev–Trinajstić information content (AvgIpc) is 3.44. The van der Waals surface area contributed by atoms with Crippen LogP contribution in [0.1, 0.15) is 29.8 Å². The molecule has 0 aliphatic carbocycles. The summed E-state index contributed by atoms with van der Waals surface area (Å²) in [4.78, 5) is 29.7. The molecule has 2 aromatic rings. The Morgan fingerprint density at radius 1 is 1.22 bits per heavy atom. The van der Waals surface area contributed by atoms with E-state index in [4.69, 9.17) is 9.47 Å². The lowest BCUT2D eigenvalue weighted by atomic mass is 10.00. The van der Waals surface area contributed by atoms with Gasteiger partial charge in [-0.2, -0.15) is 0 Å². The monoisotopic (exact) mass is 456 g/mol. The average molecular weight is 457 g/mol. The number of nitrogens with zero attached hydrogens (tertiary/aromatic N) is 1. The predicted molar refractivity (Wildman–Crippen MR) is 119 cm³/mol. The van der Waals surface area contributed by atoms with Gasteiger partial charge in [-0.1, -0.05) is 30.9 Å². The van der Waals surface area contributed by atoms with Crippen LogP contribution in [0, 0.1) is 0 Å². The second-order valence-electron chi connectivity index (χ2n) is 7.97. The number of carbonyl (C=O) groups excluding carboxylic acids is 2. The molecule has 0 saturated carbocycles. The van der Waals surface area contributed by atoms with E-state index >= 15 is 0 Å². The van der Waals surface area contributed by atoms with Gasteiger partial charge < -0.3 is 24.4 Å². The van der Waals surface area contributed by atoms with Gasteiger partial charge in [0, 0.05) is 10.5 Å². The number of morpholine rings is 1. The van der Waals surface area contributed by atoms with Gasteiger partial charge in [0.25, 0.3) is 5.91 Å². The van der Waals surface area contributed by atoms with Crippen molar-refractivity contribution < 1.29 is 29.1 Å². The lowest BCUT2D eigenvalue weighted by Gasteiger charge is -2.29. The Morgan fingerprint density at radius 3 is 2.62 bits per heavy atom. The highest BCUT2D eigenvalue weighted by Crippen LogP contribution is 2.40. The molecule has 1 N–H and O–H groups in total. The van der Waals surface area contributed by atoms with Crippen molar-refractivity contribution in [3.8, 4) is 5.75 Å². The number of benzene rings is 1. The van der Waals surface area contributed by atoms with Crippen molar-refractivity contribution in [2.75, 3.05) is 46.0 Å². The number of nitrogens with one attached hydrogen (secondary N) is 1. The quantitative estimate of drug-likeness (QED) is 0.359. The van der Waals surface area contributed by atoms with E-state index in [0.717, 1.165) is 30.9 Å². The minimum atomic E-state index is -0.698. The molecule has 1 aromatic carbocycles. The fourth-order valence-corrected chi connectivity index (χ4v) is 4.96. The molecular formula is C24H28N2O5S. The van der Waals surface area contributed by atoms with Crippen LogP contribution in [0.3, 0.4) is 0 Å². The standard InChI is InChI=1S/C24H28N2O5S/c1-2-13-31-18-7-5-17(6-8-18)22(27)20-21(19-4-3-16-32-19)26(24(29)23(20)28)10-9-25-11-14-30-15-12-25/h3-8,16,21,27H,2,9-15H2,1H3. The Hall–Kier alpha value is -2.68. The van der Waals surface area contributed by atoms with Gasteiger partial charge >= 0.3 is 0 Å². The van der Waals surface area contributed by atoms with E-state index in [-0.39, 0.29) is 5.57 Å². The molecule has 0 bridgehead atoms. The van der Waals surface area contributed by atoms with Gasteiger partial charge in [-0.15, -0.1) is 11.3 Å². The summed E-state index contributed by atoms with van der Waals surface area (Å²) in [5, 5.41) is 15.3. The third kappa shape index (κ3) is 4.72. The van der Waals surface area contributed by atoms with Crippen molar-refractivity contribution in [1.82, 2.24) is 4.90 Å². The number of amides is 1. The number of quaternary nitrogens is 1. The van der Waals surface area contributed by atoms with Crippen LogP contribution in [0.5, 0.6) is 5.75 Å². The highest BCUT2D eigenvalue weighted by Gasteiger charge is 2.44. The van der Waals surface area contributed by atoms with Gasteiger partial charge in [-0.25, -0.2) is 0 Å². The molecule has 7 nitrogen and oxygen atoms in total. The topological polar surface area (TPSA) is 83.3 Å². The lowest BCUT2D eigenvalue weighted by molar-refractivity contribution is -0.907. The van der Waals surface area contributed by atoms with E-state index in [2.05, 4.69) is 0 Å². The van der Waals surface area contributed by atoms with E-state index in [1.54, 1.807) is 29.2 Å². The molecule has 8 heteroatoms. The van der Waals surface area contributed by atoms with Gasteiger partial charge in [0.2, 0.25) is 5.78 Å². The predicted octanol–water partition coefficient (Wildman–Crippen LogP) is 0.676. The number of carbonyl (C=O) groups is 2. The molecule has 1 unspecified atom stereocenters. The molecule has 2 fully saturated rings. The van der Waals surface area contributed by atoms with Crippen LogP contribution in [0.4, 0.5) is 0 Å². The Kier molecular flexibility index (Phi) is 7.24. The molecule has 170 valence electrons. The summed E-state index contributed by atoms with van der Waals surface area (Å²) in [6.45, 7) is 6.91. The normalized spacial score (nSPS) is 21.3. The summed E-state index contributed by atoms with van der Waals surface area (Å²) in [5.41, 5.74) is 0.420. The molecule has 3 heterocycles. The molecule has 2 aliphatic heterocycles. The first-order valence-corrected chi connectivity index (χ1v) is 11.9. The van der Waals surface area contributed by atoms with Crippen LogP contribution in [0.15, 0.2) is 47.4 Å². The molecule has 2 saturated heterocycles. The smallest absolute Gasteiger partial charge is 0.295 e. The molecule has 2 aliphatic rings. The number of thiophene rings is 1. The molecule has 1 amide bonds. The number of hydrogen-bond acceptors (Lipinski definition) is 6. The van der Waals surface area contributed by atoms with Crippen molar-refractivity contribution in [3.05, 3.63) is 57.8 Å². The maximum absolute atomic E-state index is 13.4. The van der Waals surface area contributed by atoms with Crippen LogP contribution < -0.4 is 14.7 Å². The van der Waals surface area contributed by atoms with Crippen molar-refractivity contribution in [2.45, 2.75) is 19.4 Å². The van der Waals surface area contributed by atoms with Crippen molar-refractivity contribution in [1.29, 1.82) is 0 Å². The Labute approximate surface area is 191 Å². The Morgan fingerprint density at radius 2 is 1.97 bits per heavy atom. The number of rotatable bonds is 8. The third-order valence-corrected chi connectivity index (χ3v) is 6.76. The van der Waals surface area contributed by atoms with Crippen LogP contribution >= 0.6 is 11.3 Å². The maximum Gasteiger partial charge on any atom is 0.295 e. The van der Waals surface area contributed by atoms with E-state index in [1.807, 2.05) is 24.4 Å². The second-order valence-corrected chi connectivity index (χ2v) is 8.95. The highest BCUT2D eigenvalue weighted by molar-refractivity contribution is 7.10. The van der Waals surface area contributed by atoms with E-state index in [0.29, 0.717) is 37.7 Å². The van der Waals surface area contributed by atoms with Crippen molar-refractivity contribution >= 4 is 28.8 Å². The van der Waals surface area contributed by atoms with Crippen LogP contribution in [0.25, 0.3) is 5.76 Å². The third-order valence-electron chi connectivity index (χ3n) is 5.84. The summed E-state index contributed by atoms with van der Waals surface area (Å²) in [6, 6.07) is 9.88. The minimum absolute atomic E-state index is 0.0386. The molecular weight excluding hydrogens is 428 g/mol. The minimum Gasteiger partial charge on any atom is -0.872 e. The van der Waals surface area contributed by atoms with Crippen molar-refractivity contribution in [2.24, 2.45) is 0 Å². The van der Waals surface area contributed by atoms with E-state index in [1.165, 1.54) is 16.2 Å². The first-order chi connectivity index (χ1) is 15.6. The first kappa shape index (κ1) is 22.5. The fourth-order valence-electron chi connectivity index (χ4n) is 4.11. The molecule has 32 heavy (non-hydrogen) atoms. The Balaban J connectivity index is 1.63. The number of hydrogen-bond donors (Lipinski definition) is 1.